The van der Waals surface area contributed by atoms with Crippen molar-refractivity contribution in [1.82, 2.24) is 9.80 Å². The number of benzene rings is 1. The molecule has 0 saturated carbocycles. The topological polar surface area (TPSA) is 26.7 Å². The zero-order valence-corrected chi connectivity index (χ0v) is 13.4. The Balaban J connectivity index is 1.64. The molecule has 0 radical (unpaired) electrons. The molecule has 1 aromatic rings. The SMILES string of the molecule is Cc1ccc(C(O)CN2CCCN3CCCC3C2)c(C)c1. The molecule has 0 amide bonds. The highest BCUT2D eigenvalue weighted by Gasteiger charge is 2.29. The van der Waals surface area contributed by atoms with Crippen LogP contribution in [-0.2, 0) is 0 Å². The number of aliphatic hydroxyl groups is 1. The predicted molar refractivity (Wildman–Crippen MR) is 86.5 cm³/mol. The van der Waals surface area contributed by atoms with Crippen molar-refractivity contribution in [3.63, 3.8) is 0 Å². The Hall–Kier alpha value is -0.900. The van der Waals surface area contributed by atoms with Crippen molar-refractivity contribution >= 4 is 0 Å². The largest absolute Gasteiger partial charge is 0.387 e. The van der Waals surface area contributed by atoms with Gasteiger partial charge < -0.3 is 5.11 Å². The van der Waals surface area contributed by atoms with Crippen LogP contribution in [0, 0.1) is 13.8 Å². The van der Waals surface area contributed by atoms with Gasteiger partial charge in [-0.1, -0.05) is 23.8 Å². The maximum atomic E-state index is 10.6. The summed E-state index contributed by atoms with van der Waals surface area (Å²) in [6, 6.07) is 7.08. The molecular weight excluding hydrogens is 260 g/mol. The van der Waals surface area contributed by atoms with E-state index in [0.29, 0.717) is 0 Å². The zero-order valence-electron chi connectivity index (χ0n) is 13.4. The van der Waals surface area contributed by atoms with E-state index < -0.39 is 0 Å². The van der Waals surface area contributed by atoms with E-state index in [-0.39, 0.29) is 6.10 Å². The third kappa shape index (κ3) is 3.47. The molecule has 2 saturated heterocycles. The summed E-state index contributed by atoms with van der Waals surface area (Å²) in [6.07, 6.45) is 3.54. The molecule has 1 aromatic carbocycles. The average molecular weight is 288 g/mol. The van der Waals surface area contributed by atoms with Crippen LogP contribution in [0.5, 0.6) is 0 Å². The number of hydrogen-bond donors (Lipinski definition) is 1. The third-order valence-electron chi connectivity index (χ3n) is 5.10. The molecular formula is C18H28N2O. The molecule has 116 valence electrons. The highest BCUT2D eigenvalue weighted by atomic mass is 16.3. The van der Waals surface area contributed by atoms with Crippen molar-refractivity contribution in [2.45, 2.75) is 45.3 Å². The highest BCUT2D eigenvalue weighted by Crippen LogP contribution is 2.24. The molecule has 2 heterocycles. The molecule has 1 N–H and O–H groups in total. The number of β-amino-alcohol motifs (C(OH)–C–C–N with tert-alkyl or cyclic N) is 1. The number of hydrogen-bond acceptors (Lipinski definition) is 3. The van der Waals surface area contributed by atoms with Crippen LogP contribution in [-0.4, -0.2) is 53.7 Å². The van der Waals surface area contributed by atoms with Crippen molar-refractivity contribution in [1.29, 1.82) is 0 Å². The molecule has 3 nitrogen and oxygen atoms in total. The molecule has 2 aliphatic heterocycles. The zero-order chi connectivity index (χ0) is 14.8. The van der Waals surface area contributed by atoms with Crippen molar-refractivity contribution in [3.05, 3.63) is 34.9 Å². The van der Waals surface area contributed by atoms with E-state index >= 15 is 0 Å². The lowest BCUT2D eigenvalue weighted by Crippen LogP contribution is -2.38. The fourth-order valence-electron chi connectivity index (χ4n) is 3.99. The summed E-state index contributed by atoms with van der Waals surface area (Å²) in [4.78, 5) is 5.11. The molecule has 2 fully saturated rings. The maximum Gasteiger partial charge on any atom is 0.0919 e. The Bertz CT molecular complexity index is 488. The summed E-state index contributed by atoms with van der Waals surface area (Å²) in [5.74, 6) is 0. The molecule has 21 heavy (non-hydrogen) atoms. The highest BCUT2D eigenvalue weighted by molar-refractivity contribution is 5.32. The minimum Gasteiger partial charge on any atom is -0.387 e. The Morgan fingerprint density at radius 3 is 2.81 bits per heavy atom. The quantitative estimate of drug-likeness (QED) is 0.926. The minimum atomic E-state index is -0.362. The molecule has 2 atom stereocenters. The number of aryl methyl sites for hydroxylation is 2. The first-order chi connectivity index (χ1) is 10.1. The van der Waals surface area contributed by atoms with Crippen LogP contribution in [0.2, 0.25) is 0 Å². The van der Waals surface area contributed by atoms with Gasteiger partial charge in [0, 0.05) is 19.1 Å². The first-order valence-corrected chi connectivity index (χ1v) is 8.35. The summed E-state index contributed by atoms with van der Waals surface area (Å²) >= 11 is 0. The maximum absolute atomic E-state index is 10.6. The first-order valence-electron chi connectivity index (χ1n) is 8.35. The number of fused-ring (bicyclic) bond motifs is 1. The monoisotopic (exact) mass is 288 g/mol. The molecule has 0 aliphatic carbocycles. The lowest BCUT2D eigenvalue weighted by molar-refractivity contribution is 0.107. The van der Waals surface area contributed by atoms with Gasteiger partial charge in [-0.3, -0.25) is 9.80 Å². The molecule has 3 heteroatoms. The van der Waals surface area contributed by atoms with Crippen LogP contribution in [0.3, 0.4) is 0 Å². The van der Waals surface area contributed by atoms with E-state index in [1.54, 1.807) is 0 Å². The van der Waals surface area contributed by atoms with Gasteiger partial charge in [0.25, 0.3) is 0 Å². The van der Waals surface area contributed by atoms with Crippen LogP contribution in [0.25, 0.3) is 0 Å². The summed E-state index contributed by atoms with van der Waals surface area (Å²) in [5, 5.41) is 10.6. The van der Waals surface area contributed by atoms with Gasteiger partial charge in [-0.25, -0.2) is 0 Å². The molecule has 2 unspecified atom stereocenters. The Kier molecular flexibility index (Phi) is 4.63. The van der Waals surface area contributed by atoms with Crippen molar-refractivity contribution in [3.8, 4) is 0 Å². The van der Waals surface area contributed by atoms with Gasteiger partial charge in [-0.05, 0) is 63.9 Å². The summed E-state index contributed by atoms with van der Waals surface area (Å²) in [7, 11) is 0. The van der Waals surface area contributed by atoms with Crippen molar-refractivity contribution in [2.75, 3.05) is 32.7 Å². The van der Waals surface area contributed by atoms with Crippen LogP contribution in [0.15, 0.2) is 18.2 Å². The molecule has 0 bridgehead atoms. The van der Waals surface area contributed by atoms with E-state index in [4.69, 9.17) is 0 Å². The van der Waals surface area contributed by atoms with Crippen LogP contribution >= 0.6 is 0 Å². The molecule has 0 spiro atoms. The first kappa shape index (κ1) is 15.0. The minimum absolute atomic E-state index is 0.362. The molecule has 2 aliphatic rings. The van der Waals surface area contributed by atoms with E-state index in [9.17, 15) is 5.11 Å². The Morgan fingerprint density at radius 2 is 2.00 bits per heavy atom. The van der Waals surface area contributed by atoms with Gasteiger partial charge in [-0.15, -0.1) is 0 Å². The summed E-state index contributed by atoms with van der Waals surface area (Å²) < 4.78 is 0. The van der Waals surface area contributed by atoms with E-state index in [0.717, 1.165) is 31.2 Å². The second-order valence-corrected chi connectivity index (χ2v) is 6.82. The van der Waals surface area contributed by atoms with Gasteiger partial charge in [0.15, 0.2) is 0 Å². The predicted octanol–water partition coefficient (Wildman–Crippen LogP) is 2.51. The standard InChI is InChI=1S/C18H28N2O/c1-14-6-7-17(15(2)11-14)18(21)13-19-8-4-10-20-9-3-5-16(20)12-19/h6-7,11,16,18,21H,3-5,8-10,12-13H2,1-2H3. The van der Waals surface area contributed by atoms with Crippen molar-refractivity contribution < 1.29 is 5.11 Å². The van der Waals surface area contributed by atoms with E-state index in [2.05, 4.69) is 41.8 Å². The second-order valence-electron chi connectivity index (χ2n) is 6.82. The molecule has 3 rings (SSSR count). The Morgan fingerprint density at radius 1 is 1.19 bits per heavy atom. The second kappa shape index (κ2) is 6.47. The fraction of sp³-hybridized carbons (Fsp3) is 0.667. The van der Waals surface area contributed by atoms with Crippen LogP contribution in [0.4, 0.5) is 0 Å². The third-order valence-corrected chi connectivity index (χ3v) is 5.10. The summed E-state index contributed by atoms with van der Waals surface area (Å²) in [6.45, 7) is 9.74. The van der Waals surface area contributed by atoms with Gasteiger partial charge in [0.2, 0.25) is 0 Å². The number of aliphatic hydroxyl groups excluding tert-OH is 1. The van der Waals surface area contributed by atoms with Gasteiger partial charge in [0.1, 0.15) is 0 Å². The Labute approximate surface area is 128 Å². The van der Waals surface area contributed by atoms with E-state index in [1.165, 1.54) is 43.5 Å². The lowest BCUT2D eigenvalue weighted by atomic mass is 10.0. The van der Waals surface area contributed by atoms with Gasteiger partial charge in [-0.2, -0.15) is 0 Å². The number of nitrogens with zero attached hydrogens (tertiary/aromatic N) is 2. The smallest absolute Gasteiger partial charge is 0.0919 e. The summed E-state index contributed by atoms with van der Waals surface area (Å²) in [5.41, 5.74) is 3.56. The number of rotatable bonds is 3. The lowest BCUT2D eigenvalue weighted by Gasteiger charge is -2.27. The fourth-order valence-corrected chi connectivity index (χ4v) is 3.99. The van der Waals surface area contributed by atoms with E-state index in [1.807, 2.05) is 0 Å². The molecule has 0 aromatic heterocycles. The van der Waals surface area contributed by atoms with Crippen molar-refractivity contribution in [2.24, 2.45) is 0 Å². The van der Waals surface area contributed by atoms with Gasteiger partial charge in [0.05, 0.1) is 6.10 Å². The van der Waals surface area contributed by atoms with Crippen LogP contribution < -0.4 is 0 Å². The normalized spacial score (nSPS) is 25.6. The van der Waals surface area contributed by atoms with Crippen LogP contribution in [0.1, 0.15) is 42.1 Å². The van der Waals surface area contributed by atoms with Gasteiger partial charge >= 0.3 is 0 Å². The average Bonchev–Trinajstić information content (AvgIpc) is 2.77.